The molecule has 0 fully saturated rings. The maximum atomic E-state index is 12.9. The Hall–Kier alpha value is -3.01. The molecule has 0 N–H and O–H groups in total. The molecule has 0 spiro atoms. The van der Waals surface area contributed by atoms with Crippen LogP contribution < -0.4 is 5.11 Å². The zero-order chi connectivity index (χ0) is 53.4. The summed E-state index contributed by atoms with van der Waals surface area (Å²) >= 11 is 0. The Bertz CT molecular complexity index is 1380. The molecule has 0 aliphatic rings. The van der Waals surface area contributed by atoms with Gasteiger partial charge in [-0.3, -0.25) is 9.59 Å². The van der Waals surface area contributed by atoms with Crippen LogP contribution in [0.3, 0.4) is 0 Å². The monoisotopic (exact) mass is 1030 g/mol. The highest BCUT2D eigenvalue weighted by Crippen LogP contribution is 2.17. The molecule has 0 aromatic carbocycles. The first-order valence-corrected chi connectivity index (χ1v) is 30.4. The summed E-state index contributed by atoms with van der Waals surface area (Å²) in [6, 6.07) is 0. The van der Waals surface area contributed by atoms with E-state index in [9.17, 15) is 19.5 Å². The molecule has 9 nitrogen and oxygen atoms in total. The van der Waals surface area contributed by atoms with Crippen molar-refractivity contribution in [2.75, 3.05) is 47.5 Å². The first-order chi connectivity index (χ1) is 35.6. The summed E-state index contributed by atoms with van der Waals surface area (Å²) in [7, 11) is 5.92. The fraction of sp³-hybridized carbons (Fsp3) is 0.797. The smallest absolute Gasteiger partial charge is 0.306 e. The molecule has 0 aromatic rings. The second kappa shape index (κ2) is 55.2. The molecule has 424 valence electrons. The van der Waals surface area contributed by atoms with Crippen LogP contribution in [0.1, 0.15) is 271 Å². The van der Waals surface area contributed by atoms with Gasteiger partial charge in [0.25, 0.3) is 0 Å². The number of nitrogens with zero attached hydrogens (tertiary/aromatic N) is 1. The van der Waals surface area contributed by atoms with E-state index >= 15 is 0 Å². The summed E-state index contributed by atoms with van der Waals surface area (Å²) in [5, 5.41) is 11.8. The SMILES string of the molecule is CC/C=C\C/C=C\C/C=C\C/C=C\CCCCCCCCCCC(=O)OC(COC(=O)CCCCCCCCCCCCCCCCC/C=C\CCCCCCCCCC)COC(OCC[N+](C)(C)C)C(=O)[O-]. The first-order valence-electron chi connectivity index (χ1n) is 30.4. The molecule has 0 saturated carbocycles. The van der Waals surface area contributed by atoms with Crippen molar-refractivity contribution in [3.63, 3.8) is 0 Å². The topological polar surface area (TPSA) is 111 Å². The molecule has 2 atom stereocenters. The van der Waals surface area contributed by atoms with E-state index in [1.54, 1.807) is 0 Å². The zero-order valence-electron chi connectivity index (χ0n) is 48.3. The molecule has 0 rings (SSSR count). The lowest BCUT2D eigenvalue weighted by molar-refractivity contribution is -0.870. The third-order valence-corrected chi connectivity index (χ3v) is 13.2. The van der Waals surface area contributed by atoms with Gasteiger partial charge in [0.2, 0.25) is 0 Å². The number of carboxylic acid groups (broad SMARTS) is 1. The average Bonchev–Trinajstić information content (AvgIpc) is 3.36. The van der Waals surface area contributed by atoms with Crippen molar-refractivity contribution in [2.24, 2.45) is 0 Å². The van der Waals surface area contributed by atoms with Gasteiger partial charge >= 0.3 is 11.9 Å². The van der Waals surface area contributed by atoms with Crippen LogP contribution in [0.25, 0.3) is 0 Å². The third kappa shape index (κ3) is 56.6. The molecule has 0 heterocycles. The molecular weight excluding hydrogens is 911 g/mol. The van der Waals surface area contributed by atoms with E-state index in [1.165, 1.54) is 167 Å². The van der Waals surface area contributed by atoms with E-state index in [-0.39, 0.29) is 32.2 Å². The number of quaternary nitrogens is 1. The van der Waals surface area contributed by atoms with Crippen LogP contribution in [-0.4, -0.2) is 82.3 Å². The second-order valence-electron chi connectivity index (χ2n) is 21.6. The molecule has 9 heteroatoms. The Morgan fingerprint density at radius 2 is 0.781 bits per heavy atom. The van der Waals surface area contributed by atoms with Crippen LogP contribution in [0.4, 0.5) is 0 Å². The van der Waals surface area contributed by atoms with Crippen molar-refractivity contribution < 1.29 is 42.9 Å². The number of hydrogen-bond donors (Lipinski definition) is 0. The lowest BCUT2D eigenvalue weighted by Crippen LogP contribution is -2.44. The average molecular weight is 1030 g/mol. The van der Waals surface area contributed by atoms with Gasteiger partial charge < -0.3 is 33.3 Å². The van der Waals surface area contributed by atoms with Gasteiger partial charge in [-0.25, -0.2) is 0 Å². The lowest BCUT2D eigenvalue weighted by Gasteiger charge is -2.26. The van der Waals surface area contributed by atoms with E-state index < -0.39 is 24.3 Å². The lowest BCUT2D eigenvalue weighted by atomic mass is 10.0. The largest absolute Gasteiger partial charge is 0.545 e. The van der Waals surface area contributed by atoms with E-state index in [4.69, 9.17) is 18.9 Å². The molecular formula is C64H115NO8. The predicted octanol–water partition coefficient (Wildman–Crippen LogP) is 16.7. The zero-order valence-corrected chi connectivity index (χ0v) is 48.3. The molecule has 0 radical (unpaired) electrons. The van der Waals surface area contributed by atoms with Gasteiger partial charge in [-0.05, 0) is 77.0 Å². The number of carboxylic acids is 1. The van der Waals surface area contributed by atoms with Crippen molar-refractivity contribution in [2.45, 2.75) is 283 Å². The summed E-state index contributed by atoms with van der Waals surface area (Å²) in [4.78, 5) is 37.3. The quantitative estimate of drug-likeness (QED) is 0.0195. The number of esters is 2. The Morgan fingerprint density at radius 3 is 1.18 bits per heavy atom. The minimum atomic E-state index is -1.63. The third-order valence-electron chi connectivity index (χ3n) is 13.2. The Labute approximate surface area is 450 Å². The molecule has 2 unspecified atom stereocenters. The highest BCUT2D eigenvalue weighted by molar-refractivity contribution is 5.70. The molecule has 0 aromatic heterocycles. The van der Waals surface area contributed by atoms with Crippen molar-refractivity contribution in [1.29, 1.82) is 0 Å². The highest BCUT2D eigenvalue weighted by Gasteiger charge is 2.22. The van der Waals surface area contributed by atoms with Gasteiger partial charge in [-0.15, -0.1) is 0 Å². The minimum Gasteiger partial charge on any atom is -0.545 e. The molecule has 0 aliphatic carbocycles. The van der Waals surface area contributed by atoms with Crippen LogP contribution >= 0.6 is 0 Å². The molecule has 0 bridgehead atoms. The standard InChI is InChI=1S/C64H115NO8/c1-6-8-10-12-14-16-18-20-22-24-26-28-29-30-31-32-33-35-36-38-40-42-44-46-48-50-52-54-61(66)71-58-60(59-72-64(63(68)69)70-57-56-65(3,4)5)73-62(67)55-53-51-49-47-45-43-41-39-37-34-27-25-23-21-19-17-15-13-11-9-7-2/h9,11,15,17,21,23-24,26-27,34,60,64H,6-8,10,12-14,16,18-20,22,25,28-33,35-59H2,1-5H3/b11-9-,17-15-,23-21-,26-24-,34-27-. The van der Waals surface area contributed by atoms with Gasteiger partial charge in [0, 0.05) is 12.8 Å². The van der Waals surface area contributed by atoms with E-state index in [1.807, 2.05) is 21.1 Å². The predicted molar refractivity (Wildman–Crippen MR) is 306 cm³/mol. The van der Waals surface area contributed by atoms with Crippen LogP contribution in [-0.2, 0) is 33.3 Å². The number of ether oxygens (including phenoxy) is 4. The molecule has 0 aliphatic heterocycles. The summed E-state index contributed by atoms with van der Waals surface area (Å²) in [5.74, 6) is -2.29. The minimum absolute atomic E-state index is 0.145. The number of carbonyl (C=O) groups excluding carboxylic acids is 3. The fourth-order valence-electron chi connectivity index (χ4n) is 8.58. The highest BCUT2D eigenvalue weighted by atomic mass is 16.7. The number of rotatable bonds is 56. The maximum Gasteiger partial charge on any atom is 0.306 e. The summed E-state index contributed by atoms with van der Waals surface area (Å²) < 4.78 is 22.7. The number of allylic oxidation sites excluding steroid dienone is 10. The van der Waals surface area contributed by atoms with Crippen molar-refractivity contribution in [3.05, 3.63) is 60.8 Å². The normalized spacial score (nSPS) is 13.2. The van der Waals surface area contributed by atoms with Crippen molar-refractivity contribution in [3.8, 4) is 0 Å². The van der Waals surface area contributed by atoms with Gasteiger partial charge in [-0.2, -0.15) is 0 Å². The molecule has 73 heavy (non-hydrogen) atoms. The van der Waals surface area contributed by atoms with Crippen LogP contribution in [0, 0.1) is 0 Å². The Morgan fingerprint density at radius 1 is 0.425 bits per heavy atom. The number of likely N-dealkylation sites (N-methyl/N-ethyl adjacent to an activating group) is 1. The van der Waals surface area contributed by atoms with Crippen LogP contribution in [0.15, 0.2) is 60.8 Å². The molecule has 0 saturated heterocycles. The van der Waals surface area contributed by atoms with Crippen molar-refractivity contribution >= 4 is 17.9 Å². The second-order valence-corrected chi connectivity index (χ2v) is 21.6. The van der Waals surface area contributed by atoms with Gasteiger partial charge in [-0.1, -0.05) is 242 Å². The number of aliphatic carboxylic acids is 1. The number of hydrogen-bond acceptors (Lipinski definition) is 8. The van der Waals surface area contributed by atoms with E-state index in [0.29, 0.717) is 23.9 Å². The van der Waals surface area contributed by atoms with Gasteiger partial charge in [0.15, 0.2) is 12.4 Å². The van der Waals surface area contributed by atoms with E-state index in [2.05, 4.69) is 74.6 Å². The molecule has 0 amide bonds. The number of carbonyl (C=O) groups is 3. The van der Waals surface area contributed by atoms with Crippen LogP contribution in [0.5, 0.6) is 0 Å². The van der Waals surface area contributed by atoms with Crippen LogP contribution in [0.2, 0.25) is 0 Å². The first kappa shape index (κ1) is 70.0. The maximum absolute atomic E-state index is 12.9. The summed E-state index contributed by atoms with van der Waals surface area (Å²) in [6.07, 6.45) is 67.0. The summed E-state index contributed by atoms with van der Waals surface area (Å²) in [5.41, 5.74) is 0. The Balaban J connectivity index is 4.19. The number of unbranched alkanes of at least 4 members (excludes halogenated alkanes) is 31. The summed E-state index contributed by atoms with van der Waals surface area (Å²) in [6.45, 7) is 4.65. The van der Waals surface area contributed by atoms with Crippen molar-refractivity contribution in [1.82, 2.24) is 0 Å². The van der Waals surface area contributed by atoms with Gasteiger partial charge in [0.1, 0.15) is 13.2 Å². The van der Waals surface area contributed by atoms with Gasteiger partial charge in [0.05, 0.1) is 40.3 Å². The van der Waals surface area contributed by atoms with E-state index in [0.717, 1.165) is 70.6 Å². The fourth-order valence-corrected chi connectivity index (χ4v) is 8.58. The Kier molecular flexibility index (Phi) is 53.0.